The second-order valence-corrected chi connectivity index (χ2v) is 8.37. The molecule has 0 aliphatic carbocycles. The fourth-order valence-electron chi connectivity index (χ4n) is 4.60. The molecule has 2 N–H and O–H groups in total. The van der Waals surface area contributed by atoms with Crippen molar-refractivity contribution in [2.24, 2.45) is 0 Å². The van der Waals surface area contributed by atoms with Gasteiger partial charge in [-0.1, -0.05) is 12.1 Å². The van der Waals surface area contributed by atoms with Crippen molar-refractivity contribution in [2.75, 3.05) is 63.3 Å². The third-order valence-corrected chi connectivity index (χ3v) is 6.47. The Morgan fingerprint density at radius 3 is 2.62 bits per heavy atom. The van der Waals surface area contributed by atoms with Gasteiger partial charge in [-0.3, -0.25) is 4.90 Å². The van der Waals surface area contributed by atoms with Crippen LogP contribution in [-0.4, -0.2) is 83.9 Å². The summed E-state index contributed by atoms with van der Waals surface area (Å²) in [5, 5.41) is 3.44. The summed E-state index contributed by atoms with van der Waals surface area (Å²) in [6.07, 6.45) is 4.77. The van der Waals surface area contributed by atoms with E-state index in [0.29, 0.717) is 11.7 Å². The van der Waals surface area contributed by atoms with Crippen LogP contribution in [0.15, 0.2) is 30.6 Å². The van der Waals surface area contributed by atoms with Gasteiger partial charge < -0.3 is 24.7 Å². The molecule has 5 rings (SSSR count). The molecule has 0 spiro atoms. The van der Waals surface area contributed by atoms with E-state index in [1.807, 2.05) is 12.1 Å². The van der Waals surface area contributed by atoms with Gasteiger partial charge in [0.1, 0.15) is 17.6 Å². The highest BCUT2D eigenvalue weighted by Gasteiger charge is 2.27. The summed E-state index contributed by atoms with van der Waals surface area (Å²) in [5.41, 5.74) is 2.82. The molecule has 170 valence electrons. The average Bonchev–Trinajstić information content (AvgIpc) is 3.30. The van der Waals surface area contributed by atoms with Crippen LogP contribution >= 0.6 is 0 Å². The van der Waals surface area contributed by atoms with Crippen molar-refractivity contribution in [3.63, 3.8) is 0 Å². The summed E-state index contributed by atoms with van der Waals surface area (Å²) < 4.78 is 10.7. The lowest BCUT2D eigenvalue weighted by Crippen LogP contribution is -2.49. The van der Waals surface area contributed by atoms with Gasteiger partial charge in [0.2, 0.25) is 5.95 Å². The lowest BCUT2D eigenvalue weighted by molar-refractivity contribution is 0.0114. The molecule has 2 fully saturated rings. The standard InChI is InChI=1S/C23H31N7O2/c1-31-19-4-2-17(3-5-19)6-9-24-21-20-22(26-16-25-21)28-23(27-20)30-10-7-18(8-11-30)29-12-14-32-15-13-29/h2-5,16,18H,6-15H2,1H3,(H2,24,25,26,27,28). The fourth-order valence-corrected chi connectivity index (χ4v) is 4.60. The highest BCUT2D eigenvalue weighted by atomic mass is 16.5. The number of aromatic amines is 1. The van der Waals surface area contributed by atoms with E-state index in [0.717, 1.165) is 88.2 Å². The maximum Gasteiger partial charge on any atom is 0.205 e. The number of benzene rings is 1. The number of hydrogen-bond donors (Lipinski definition) is 2. The zero-order chi connectivity index (χ0) is 21.8. The van der Waals surface area contributed by atoms with Crippen LogP contribution in [0.2, 0.25) is 0 Å². The lowest BCUT2D eigenvalue weighted by atomic mass is 10.0. The van der Waals surface area contributed by atoms with Crippen LogP contribution in [0, 0.1) is 0 Å². The minimum atomic E-state index is 0.648. The Bertz CT molecular complexity index is 1010. The smallest absolute Gasteiger partial charge is 0.205 e. The molecule has 1 aromatic carbocycles. The van der Waals surface area contributed by atoms with Crippen molar-refractivity contribution in [1.82, 2.24) is 24.8 Å². The zero-order valence-electron chi connectivity index (χ0n) is 18.6. The Labute approximate surface area is 188 Å². The maximum atomic E-state index is 5.50. The molecule has 32 heavy (non-hydrogen) atoms. The van der Waals surface area contributed by atoms with Crippen molar-refractivity contribution >= 4 is 22.9 Å². The number of nitrogens with one attached hydrogen (secondary N) is 2. The van der Waals surface area contributed by atoms with Gasteiger partial charge in [0.25, 0.3) is 0 Å². The van der Waals surface area contributed by atoms with Crippen LogP contribution in [0.5, 0.6) is 5.75 Å². The molecular formula is C23H31N7O2. The summed E-state index contributed by atoms with van der Waals surface area (Å²) in [7, 11) is 1.68. The summed E-state index contributed by atoms with van der Waals surface area (Å²) in [4.78, 5) is 22.0. The monoisotopic (exact) mass is 437 g/mol. The number of methoxy groups -OCH3 is 1. The molecule has 9 heteroatoms. The van der Waals surface area contributed by atoms with Gasteiger partial charge in [-0.05, 0) is 37.0 Å². The van der Waals surface area contributed by atoms with Crippen molar-refractivity contribution < 1.29 is 9.47 Å². The largest absolute Gasteiger partial charge is 0.497 e. The van der Waals surface area contributed by atoms with E-state index < -0.39 is 0 Å². The molecule has 0 atom stereocenters. The zero-order valence-corrected chi connectivity index (χ0v) is 18.6. The van der Waals surface area contributed by atoms with E-state index in [1.165, 1.54) is 5.56 Å². The maximum absolute atomic E-state index is 5.50. The summed E-state index contributed by atoms with van der Waals surface area (Å²) in [6, 6.07) is 8.80. The summed E-state index contributed by atoms with van der Waals surface area (Å²) in [6.45, 7) is 6.59. The van der Waals surface area contributed by atoms with Gasteiger partial charge in [-0.2, -0.15) is 4.98 Å². The molecule has 9 nitrogen and oxygen atoms in total. The Kier molecular flexibility index (Phi) is 6.36. The Balaban J connectivity index is 1.20. The minimum absolute atomic E-state index is 0.648. The molecular weight excluding hydrogens is 406 g/mol. The predicted octanol–water partition coefficient (Wildman–Crippen LogP) is 2.32. The van der Waals surface area contributed by atoms with E-state index in [1.54, 1.807) is 13.4 Å². The number of imidazole rings is 1. The van der Waals surface area contributed by atoms with Crippen LogP contribution in [0.3, 0.4) is 0 Å². The normalized spacial score (nSPS) is 18.2. The number of anilines is 2. The molecule has 4 heterocycles. The van der Waals surface area contributed by atoms with Crippen molar-refractivity contribution in [3.05, 3.63) is 36.2 Å². The second-order valence-electron chi connectivity index (χ2n) is 8.37. The van der Waals surface area contributed by atoms with Gasteiger partial charge in [-0.25, -0.2) is 9.97 Å². The first-order valence-corrected chi connectivity index (χ1v) is 11.4. The number of hydrogen-bond acceptors (Lipinski definition) is 8. The van der Waals surface area contributed by atoms with Crippen molar-refractivity contribution in [2.45, 2.75) is 25.3 Å². The molecule has 0 saturated carbocycles. The number of piperidine rings is 1. The number of nitrogens with zero attached hydrogens (tertiary/aromatic N) is 5. The third-order valence-electron chi connectivity index (χ3n) is 6.47. The van der Waals surface area contributed by atoms with Crippen LogP contribution < -0.4 is 15.0 Å². The van der Waals surface area contributed by atoms with Crippen LogP contribution in [0.25, 0.3) is 11.2 Å². The van der Waals surface area contributed by atoms with E-state index in [9.17, 15) is 0 Å². The van der Waals surface area contributed by atoms with Crippen molar-refractivity contribution in [1.29, 1.82) is 0 Å². The van der Waals surface area contributed by atoms with E-state index in [2.05, 4.69) is 42.2 Å². The Morgan fingerprint density at radius 1 is 1.09 bits per heavy atom. The first-order valence-electron chi connectivity index (χ1n) is 11.4. The molecule has 2 aliphatic rings. The van der Waals surface area contributed by atoms with E-state index >= 15 is 0 Å². The first kappa shape index (κ1) is 21.0. The molecule has 2 aromatic heterocycles. The number of aromatic nitrogens is 4. The van der Waals surface area contributed by atoms with Crippen molar-refractivity contribution in [3.8, 4) is 5.75 Å². The SMILES string of the molecule is COc1ccc(CCNc2ncnc3nc(N4CCC(N5CCOCC5)CC4)[nH]c23)cc1. The number of fused-ring (bicyclic) bond motifs is 1. The number of rotatable bonds is 7. The highest BCUT2D eigenvalue weighted by Crippen LogP contribution is 2.25. The predicted molar refractivity (Wildman–Crippen MR) is 124 cm³/mol. The Morgan fingerprint density at radius 2 is 1.88 bits per heavy atom. The summed E-state index contributed by atoms with van der Waals surface area (Å²) in [5.74, 6) is 2.56. The van der Waals surface area contributed by atoms with E-state index in [4.69, 9.17) is 14.5 Å². The first-order chi connectivity index (χ1) is 15.8. The molecule has 0 unspecified atom stereocenters. The van der Waals surface area contributed by atoms with Gasteiger partial charge >= 0.3 is 0 Å². The topological polar surface area (TPSA) is 91.4 Å². The third kappa shape index (κ3) is 4.63. The molecule has 0 bridgehead atoms. The van der Waals surface area contributed by atoms with Gasteiger partial charge in [0.15, 0.2) is 11.5 Å². The van der Waals surface area contributed by atoms with Crippen LogP contribution in [-0.2, 0) is 11.2 Å². The average molecular weight is 438 g/mol. The van der Waals surface area contributed by atoms with Gasteiger partial charge in [0.05, 0.1) is 20.3 Å². The Hall–Kier alpha value is -2.91. The van der Waals surface area contributed by atoms with Gasteiger partial charge in [0, 0.05) is 38.8 Å². The molecule has 0 amide bonds. The second kappa shape index (κ2) is 9.70. The fraction of sp³-hybridized carbons (Fsp3) is 0.522. The minimum Gasteiger partial charge on any atom is -0.497 e. The molecule has 2 saturated heterocycles. The molecule has 2 aliphatic heterocycles. The number of morpholine rings is 1. The van der Waals surface area contributed by atoms with Crippen LogP contribution in [0.1, 0.15) is 18.4 Å². The number of ether oxygens (including phenoxy) is 2. The molecule has 3 aromatic rings. The lowest BCUT2D eigenvalue weighted by Gasteiger charge is -2.40. The highest BCUT2D eigenvalue weighted by molar-refractivity contribution is 5.84. The van der Waals surface area contributed by atoms with Gasteiger partial charge in [-0.15, -0.1) is 0 Å². The van der Waals surface area contributed by atoms with Crippen LogP contribution in [0.4, 0.5) is 11.8 Å². The quantitative estimate of drug-likeness (QED) is 0.582. The van der Waals surface area contributed by atoms with E-state index in [-0.39, 0.29) is 0 Å². The molecule has 0 radical (unpaired) electrons. The number of H-pyrrole nitrogens is 1. The summed E-state index contributed by atoms with van der Waals surface area (Å²) >= 11 is 0.